The van der Waals surface area contributed by atoms with Gasteiger partial charge >= 0.3 is 0 Å². The van der Waals surface area contributed by atoms with Crippen LogP contribution in [0.1, 0.15) is 12.0 Å². The van der Waals surface area contributed by atoms with Crippen molar-refractivity contribution in [3.8, 4) is 0 Å². The molecule has 0 saturated carbocycles. The molecule has 1 aromatic carbocycles. The zero-order valence-corrected chi connectivity index (χ0v) is 10.7. The van der Waals surface area contributed by atoms with E-state index in [0.29, 0.717) is 23.2 Å². The van der Waals surface area contributed by atoms with Gasteiger partial charge in [0.25, 0.3) is 10.0 Å². The number of nitrogens with two attached hydrogens (primary N) is 1. The Kier molecular flexibility index (Phi) is 2.64. The van der Waals surface area contributed by atoms with E-state index >= 15 is 0 Å². The summed E-state index contributed by atoms with van der Waals surface area (Å²) in [7, 11) is -3.50. The van der Waals surface area contributed by atoms with Crippen LogP contribution in [0.25, 0.3) is 0 Å². The van der Waals surface area contributed by atoms with Crippen molar-refractivity contribution in [2.24, 2.45) is 16.0 Å². The second kappa shape index (κ2) is 4.07. The molecule has 0 radical (unpaired) electrons. The lowest BCUT2D eigenvalue weighted by Crippen LogP contribution is -2.29. The number of nitrogens with zero attached hydrogens (tertiary/aromatic N) is 2. The fourth-order valence-corrected chi connectivity index (χ4v) is 3.76. The maximum Gasteiger partial charge on any atom is 0.285 e. The Labute approximate surface area is 106 Å². The minimum atomic E-state index is -3.50. The molecule has 1 fully saturated rings. The average molecular weight is 265 g/mol. The van der Waals surface area contributed by atoms with E-state index in [0.717, 1.165) is 25.1 Å². The number of rotatable bonds is 1. The first-order valence-electron chi connectivity index (χ1n) is 6.01. The minimum absolute atomic E-state index is 0.316. The van der Waals surface area contributed by atoms with Gasteiger partial charge in [0.05, 0.1) is 0 Å². The summed E-state index contributed by atoms with van der Waals surface area (Å²) in [6, 6.07) is 6.99. The van der Waals surface area contributed by atoms with Gasteiger partial charge in [0.2, 0.25) is 0 Å². The normalized spacial score (nSPS) is 25.1. The molecule has 1 saturated heterocycles. The van der Waals surface area contributed by atoms with Gasteiger partial charge in [-0.1, -0.05) is 12.1 Å². The van der Waals surface area contributed by atoms with Crippen molar-refractivity contribution < 1.29 is 8.42 Å². The van der Waals surface area contributed by atoms with E-state index < -0.39 is 10.0 Å². The van der Waals surface area contributed by atoms with Gasteiger partial charge in [-0.15, -0.1) is 4.40 Å². The predicted molar refractivity (Wildman–Crippen MR) is 68.9 cm³/mol. The molecule has 0 spiro atoms. The topological polar surface area (TPSA) is 75.8 Å². The summed E-state index contributed by atoms with van der Waals surface area (Å²) in [5.41, 5.74) is 6.38. The molecule has 0 unspecified atom stereocenters. The maximum absolute atomic E-state index is 11.9. The lowest BCUT2D eigenvalue weighted by molar-refractivity contribution is 0.485. The van der Waals surface area contributed by atoms with E-state index in [1.807, 2.05) is 17.0 Å². The standard InChI is InChI=1S/C12H15N3O2S/c13-7-9-5-6-15(8-9)12-10-3-1-2-4-11(10)18(16,17)14-12/h1-4,9H,5-8,13H2/t9-/m0/s1. The number of hydrogen-bond donors (Lipinski definition) is 1. The largest absolute Gasteiger partial charge is 0.355 e. The SMILES string of the molecule is NC[C@@H]1CCN(C2=NS(=O)(=O)c3ccccc32)C1. The summed E-state index contributed by atoms with van der Waals surface area (Å²) in [6.07, 6.45) is 0.998. The van der Waals surface area contributed by atoms with Crippen LogP contribution in [-0.2, 0) is 10.0 Å². The molecule has 0 aromatic heterocycles. The molecule has 2 heterocycles. The highest BCUT2D eigenvalue weighted by Crippen LogP contribution is 2.29. The lowest BCUT2D eigenvalue weighted by atomic mass is 10.1. The van der Waals surface area contributed by atoms with E-state index in [-0.39, 0.29) is 0 Å². The quantitative estimate of drug-likeness (QED) is 0.798. The summed E-state index contributed by atoms with van der Waals surface area (Å²) in [5, 5.41) is 0. The second-order valence-corrected chi connectivity index (χ2v) is 6.30. The summed E-state index contributed by atoms with van der Waals surface area (Å²) in [4.78, 5) is 2.34. The summed E-state index contributed by atoms with van der Waals surface area (Å²) < 4.78 is 27.8. The van der Waals surface area contributed by atoms with Crippen LogP contribution >= 0.6 is 0 Å². The zero-order chi connectivity index (χ0) is 12.8. The van der Waals surface area contributed by atoms with Gasteiger partial charge in [-0.2, -0.15) is 8.42 Å². The predicted octanol–water partition coefficient (Wildman–Crippen LogP) is 0.416. The number of amidine groups is 1. The third-order valence-electron chi connectivity index (χ3n) is 3.53. The lowest BCUT2D eigenvalue weighted by Gasteiger charge is -2.17. The molecule has 2 aliphatic rings. The van der Waals surface area contributed by atoms with Crippen LogP contribution in [0.5, 0.6) is 0 Å². The first-order valence-corrected chi connectivity index (χ1v) is 7.45. The van der Waals surface area contributed by atoms with Crippen LogP contribution < -0.4 is 5.73 Å². The number of likely N-dealkylation sites (tertiary alicyclic amines) is 1. The highest BCUT2D eigenvalue weighted by molar-refractivity contribution is 7.90. The van der Waals surface area contributed by atoms with E-state index in [1.165, 1.54) is 0 Å². The van der Waals surface area contributed by atoms with Crippen molar-refractivity contribution in [2.45, 2.75) is 11.3 Å². The van der Waals surface area contributed by atoms with E-state index in [9.17, 15) is 8.42 Å². The molecule has 2 N–H and O–H groups in total. The number of benzene rings is 1. The van der Waals surface area contributed by atoms with Gasteiger partial charge in [-0.25, -0.2) is 0 Å². The second-order valence-electron chi connectivity index (χ2n) is 4.72. The molecular weight excluding hydrogens is 250 g/mol. The molecule has 1 atom stereocenters. The van der Waals surface area contributed by atoms with E-state index in [1.54, 1.807) is 12.1 Å². The van der Waals surface area contributed by atoms with Crippen molar-refractivity contribution in [3.63, 3.8) is 0 Å². The van der Waals surface area contributed by atoms with E-state index in [4.69, 9.17) is 5.73 Å². The summed E-state index contributed by atoms with van der Waals surface area (Å²) >= 11 is 0. The van der Waals surface area contributed by atoms with Crippen LogP contribution in [-0.4, -0.2) is 38.8 Å². The van der Waals surface area contributed by atoms with Crippen LogP contribution in [0.3, 0.4) is 0 Å². The molecule has 2 aliphatic heterocycles. The first-order chi connectivity index (χ1) is 8.62. The third-order valence-corrected chi connectivity index (χ3v) is 4.86. The Morgan fingerprint density at radius 3 is 2.89 bits per heavy atom. The summed E-state index contributed by atoms with van der Waals surface area (Å²) in [6.45, 7) is 2.25. The van der Waals surface area contributed by atoms with Gasteiger partial charge in [0.1, 0.15) is 4.90 Å². The fourth-order valence-electron chi connectivity index (χ4n) is 2.53. The van der Waals surface area contributed by atoms with Gasteiger partial charge in [-0.3, -0.25) is 0 Å². The van der Waals surface area contributed by atoms with Gasteiger partial charge in [0, 0.05) is 18.7 Å². The maximum atomic E-state index is 11.9. The summed E-state index contributed by atoms with van der Waals surface area (Å²) in [5.74, 6) is 1.02. The van der Waals surface area contributed by atoms with Crippen LogP contribution in [0.2, 0.25) is 0 Å². The molecular formula is C12H15N3O2S. The smallest absolute Gasteiger partial charge is 0.285 e. The Morgan fingerprint density at radius 1 is 1.39 bits per heavy atom. The Balaban J connectivity index is 2.00. The average Bonchev–Trinajstić information content (AvgIpc) is 2.93. The fraction of sp³-hybridized carbons (Fsp3) is 0.417. The van der Waals surface area contributed by atoms with Crippen molar-refractivity contribution in [3.05, 3.63) is 29.8 Å². The van der Waals surface area contributed by atoms with Crippen molar-refractivity contribution >= 4 is 15.9 Å². The molecule has 5 nitrogen and oxygen atoms in total. The number of sulfonamides is 1. The number of fused-ring (bicyclic) bond motifs is 1. The zero-order valence-electron chi connectivity index (χ0n) is 9.91. The molecule has 18 heavy (non-hydrogen) atoms. The monoisotopic (exact) mass is 265 g/mol. The van der Waals surface area contributed by atoms with Crippen molar-refractivity contribution in [1.29, 1.82) is 0 Å². The van der Waals surface area contributed by atoms with E-state index in [2.05, 4.69) is 4.40 Å². The molecule has 1 aromatic rings. The molecule has 96 valence electrons. The van der Waals surface area contributed by atoms with Gasteiger partial charge < -0.3 is 10.6 Å². The highest BCUT2D eigenvalue weighted by Gasteiger charge is 2.34. The molecule has 6 heteroatoms. The Hall–Kier alpha value is -1.40. The van der Waals surface area contributed by atoms with Crippen LogP contribution in [0.15, 0.2) is 33.6 Å². The molecule has 3 rings (SSSR count). The molecule has 0 amide bonds. The minimum Gasteiger partial charge on any atom is -0.355 e. The van der Waals surface area contributed by atoms with Gasteiger partial charge in [-0.05, 0) is 31.0 Å². The Morgan fingerprint density at radius 2 is 2.17 bits per heavy atom. The highest BCUT2D eigenvalue weighted by atomic mass is 32.2. The third kappa shape index (κ3) is 1.72. The molecule has 0 aliphatic carbocycles. The van der Waals surface area contributed by atoms with Gasteiger partial charge in [0.15, 0.2) is 5.84 Å². The van der Waals surface area contributed by atoms with Crippen LogP contribution in [0, 0.1) is 5.92 Å². The van der Waals surface area contributed by atoms with Crippen molar-refractivity contribution in [1.82, 2.24) is 4.90 Å². The first kappa shape index (κ1) is 11.7. The van der Waals surface area contributed by atoms with Crippen LogP contribution in [0.4, 0.5) is 0 Å². The molecule has 0 bridgehead atoms. The Bertz CT molecular complexity index is 610. The number of hydrogen-bond acceptors (Lipinski definition) is 4. The van der Waals surface area contributed by atoms with Crippen molar-refractivity contribution in [2.75, 3.05) is 19.6 Å².